The smallest absolute Gasteiger partial charge is 0.191 e. The number of H-pyrrole nitrogens is 1. The number of aromatic nitrogens is 4. The summed E-state index contributed by atoms with van der Waals surface area (Å²) >= 11 is 5.14. The second kappa shape index (κ2) is 4.82. The molecule has 15 heavy (non-hydrogen) atoms. The molecule has 0 aliphatic heterocycles. The number of hydrogen-bond donors (Lipinski definition) is 2. The van der Waals surface area contributed by atoms with E-state index in [9.17, 15) is 0 Å². The van der Waals surface area contributed by atoms with Crippen LogP contribution in [0.15, 0.2) is 15.9 Å². The van der Waals surface area contributed by atoms with Gasteiger partial charge in [-0.25, -0.2) is 0 Å². The van der Waals surface area contributed by atoms with E-state index in [1.165, 1.54) is 4.88 Å². The van der Waals surface area contributed by atoms with Gasteiger partial charge >= 0.3 is 0 Å². The average molecular weight is 288 g/mol. The maximum atomic E-state index is 3.92. The Morgan fingerprint density at radius 1 is 1.67 bits per heavy atom. The van der Waals surface area contributed by atoms with Gasteiger partial charge in [-0.3, -0.25) is 0 Å². The zero-order valence-corrected chi connectivity index (χ0v) is 10.5. The molecule has 80 valence electrons. The van der Waals surface area contributed by atoms with Gasteiger partial charge < -0.3 is 5.32 Å². The lowest BCUT2D eigenvalue weighted by Gasteiger charge is -2.07. The second-order valence-electron chi connectivity index (χ2n) is 3.10. The summed E-state index contributed by atoms with van der Waals surface area (Å²) in [6, 6.07) is 2.20. The molecule has 0 radical (unpaired) electrons. The van der Waals surface area contributed by atoms with Gasteiger partial charge in [0.1, 0.15) is 0 Å². The summed E-state index contributed by atoms with van der Waals surface area (Å²) in [6.07, 6.45) is 0. The highest BCUT2D eigenvalue weighted by Gasteiger charge is 2.09. The summed E-state index contributed by atoms with van der Waals surface area (Å²) < 4.78 is 1.12. The number of halogens is 1. The van der Waals surface area contributed by atoms with Crippen molar-refractivity contribution < 1.29 is 0 Å². The fraction of sp³-hybridized carbons (Fsp3) is 0.375. The van der Waals surface area contributed by atoms with Gasteiger partial charge in [0.2, 0.25) is 0 Å². The van der Waals surface area contributed by atoms with Crippen LogP contribution in [0, 0.1) is 0 Å². The fourth-order valence-electron chi connectivity index (χ4n) is 1.14. The molecule has 0 fully saturated rings. The van der Waals surface area contributed by atoms with Crippen LogP contribution in [0.5, 0.6) is 0 Å². The van der Waals surface area contributed by atoms with E-state index in [1.807, 2.05) is 6.92 Å². The van der Waals surface area contributed by atoms with Gasteiger partial charge in [0.05, 0.1) is 6.04 Å². The van der Waals surface area contributed by atoms with Gasteiger partial charge in [-0.1, -0.05) is 5.21 Å². The third kappa shape index (κ3) is 2.83. The van der Waals surface area contributed by atoms with Crippen molar-refractivity contribution in [2.24, 2.45) is 0 Å². The van der Waals surface area contributed by atoms with Crippen LogP contribution >= 0.6 is 27.3 Å². The summed E-state index contributed by atoms with van der Waals surface area (Å²) in [6.45, 7) is 2.82. The predicted octanol–water partition coefficient (Wildman–Crippen LogP) is 1.87. The van der Waals surface area contributed by atoms with E-state index < -0.39 is 0 Å². The van der Waals surface area contributed by atoms with Gasteiger partial charge in [0.15, 0.2) is 5.82 Å². The predicted molar refractivity (Wildman–Crippen MR) is 61.5 cm³/mol. The van der Waals surface area contributed by atoms with Crippen LogP contribution in [0.1, 0.15) is 23.7 Å². The first kappa shape index (κ1) is 10.7. The van der Waals surface area contributed by atoms with E-state index in [0.29, 0.717) is 5.82 Å². The molecule has 2 N–H and O–H groups in total. The maximum Gasteiger partial charge on any atom is 0.191 e. The Bertz CT molecular complexity index is 412. The van der Waals surface area contributed by atoms with Gasteiger partial charge in [-0.15, -0.1) is 21.5 Å². The van der Waals surface area contributed by atoms with Gasteiger partial charge in [-0.2, -0.15) is 5.21 Å². The Balaban J connectivity index is 1.88. The molecule has 2 heterocycles. The topological polar surface area (TPSA) is 66.5 Å². The minimum Gasteiger partial charge on any atom is -0.302 e. The van der Waals surface area contributed by atoms with Crippen molar-refractivity contribution >= 4 is 27.3 Å². The van der Waals surface area contributed by atoms with Crippen molar-refractivity contribution in [3.8, 4) is 0 Å². The lowest BCUT2D eigenvalue weighted by molar-refractivity contribution is 0.550. The van der Waals surface area contributed by atoms with Crippen LogP contribution in [-0.4, -0.2) is 20.6 Å². The summed E-state index contributed by atoms with van der Waals surface area (Å²) in [7, 11) is 0. The molecular weight excluding hydrogens is 278 g/mol. The van der Waals surface area contributed by atoms with Gasteiger partial charge in [0.25, 0.3) is 0 Å². The van der Waals surface area contributed by atoms with Crippen molar-refractivity contribution in [2.75, 3.05) is 0 Å². The Morgan fingerprint density at radius 3 is 3.13 bits per heavy atom. The highest BCUT2D eigenvalue weighted by Crippen LogP contribution is 2.20. The summed E-state index contributed by atoms with van der Waals surface area (Å²) in [5, 5.41) is 19.2. The summed E-state index contributed by atoms with van der Waals surface area (Å²) in [5.74, 6) is 0.686. The third-order valence-corrected chi connectivity index (χ3v) is 3.65. The molecular formula is C8H10BrN5S. The number of tetrazole rings is 1. The number of nitrogens with zero attached hydrogens (tertiary/aromatic N) is 3. The molecule has 0 amide bonds. The van der Waals surface area contributed by atoms with E-state index in [-0.39, 0.29) is 6.04 Å². The number of nitrogens with one attached hydrogen (secondary N) is 2. The van der Waals surface area contributed by atoms with Crippen LogP contribution in [0.2, 0.25) is 0 Å². The van der Waals surface area contributed by atoms with E-state index >= 15 is 0 Å². The SMILES string of the molecule is CC(NCc1cc(Br)cs1)c1nn[nH]n1. The van der Waals surface area contributed by atoms with E-state index in [0.717, 1.165) is 11.0 Å². The van der Waals surface area contributed by atoms with E-state index in [2.05, 4.69) is 53.3 Å². The first-order valence-corrected chi connectivity index (χ1v) is 6.12. The zero-order valence-electron chi connectivity index (χ0n) is 8.07. The Hall–Kier alpha value is -0.790. The highest BCUT2D eigenvalue weighted by molar-refractivity contribution is 9.10. The fourth-order valence-corrected chi connectivity index (χ4v) is 2.55. The monoisotopic (exact) mass is 287 g/mol. The zero-order chi connectivity index (χ0) is 10.7. The van der Waals surface area contributed by atoms with Crippen molar-refractivity contribution in [3.63, 3.8) is 0 Å². The number of aromatic amines is 1. The molecule has 7 heteroatoms. The van der Waals surface area contributed by atoms with Crippen LogP contribution in [0.3, 0.4) is 0 Å². The van der Waals surface area contributed by atoms with Crippen molar-refractivity contribution in [1.82, 2.24) is 25.9 Å². The largest absolute Gasteiger partial charge is 0.302 e. The molecule has 0 aliphatic carbocycles. The maximum absolute atomic E-state index is 3.92. The molecule has 2 rings (SSSR count). The Morgan fingerprint density at radius 2 is 2.53 bits per heavy atom. The number of hydrogen-bond acceptors (Lipinski definition) is 5. The Labute approximate surface area is 99.4 Å². The molecule has 0 spiro atoms. The average Bonchev–Trinajstić information content (AvgIpc) is 2.84. The molecule has 1 unspecified atom stereocenters. The van der Waals surface area contributed by atoms with Crippen LogP contribution < -0.4 is 5.32 Å². The Kier molecular flexibility index (Phi) is 3.45. The molecule has 0 saturated carbocycles. The molecule has 0 aromatic carbocycles. The standard InChI is InChI=1S/C8H10BrN5S/c1-5(8-11-13-14-12-8)10-3-7-2-6(9)4-15-7/h2,4-5,10H,3H2,1H3,(H,11,12,13,14). The quantitative estimate of drug-likeness (QED) is 0.901. The molecule has 1 atom stereocenters. The molecule has 2 aromatic rings. The van der Waals surface area contributed by atoms with Crippen molar-refractivity contribution in [3.05, 3.63) is 26.6 Å². The van der Waals surface area contributed by atoms with E-state index in [1.54, 1.807) is 11.3 Å². The van der Waals surface area contributed by atoms with E-state index in [4.69, 9.17) is 0 Å². The number of thiophene rings is 1. The highest BCUT2D eigenvalue weighted by atomic mass is 79.9. The van der Waals surface area contributed by atoms with Crippen molar-refractivity contribution in [1.29, 1.82) is 0 Å². The second-order valence-corrected chi connectivity index (χ2v) is 5.02. The first-order valence-electron chi connectivity index (χ1n) is 4.45. The molecule has 2 aromatic heterocycles. The minimum absolute atomic E-state index is 0.102. The van der Waals surface area contributed by atoms with Crippen molar-refractivity contribution in [2.45, 2.75) is 19.5 Å². The lowest BCUT2D eigenvalue weighted by atomic mass is 10.3. The summed E-state index contributed by atoms with van der Waals surface area (Å²) in [4.78, 5) is 1.28. The van der Waals surface area contributed by atoms with Crippen LogP contribution in [0.25, 0.3) is 0 Å². The molecule has 5 nitrogen and oxygen atoms in total. The molecule has 0 saturated heterocycles. The van der Waals surface area contributed by atoms with Gasteiger partial charge in [0, 0.05) is 21.3 Å². The van der Waals surface area contributed by atoms with Gasteiger partial charge in [-0.05, 0) is 28.9 Å². The molecule has 0 aliphatic rings. The van der Waals surface area contributed by atoms with Crippen LogP contribution in [0.4, 0.5) is 0 Å². The normalized spacial score (nSPS) is 12.9. The van der Waals surface area contributed by atoms with Crippen LogP contribution in [-0.2, 0) is 6.54 Å². The molecule has 0 bridgehead atoms. The lowest BCUT2D eigenvalue weighted by Crippen LogP contribution is -2.18. The minimum atomic E-state index is 0.102. The first-order chi connectivity index (χ1) is 7.25. The third-order valence-electron chi connectivity index (χ3n) is 1.95. The number of rotatable bonds is 4. The summed E-state index contributed by atoms with van der Waals surface area (Å²) in [5.41, 5.74) is 0.